The van der Waals surface area contributed by atoms with Crippen molar-refractivity contribution in [2.75, 3.05) is 0 Å². The number of rotatable bonds is 8. The van der Waals surface area contributed by atoms with Gasteiger partial charge in [-0.2, -0.15) is 0 Å². The van der Waals surface area contributed by atoms with Gasteiger partial charge in [-0.1, -0.05) is 182 Å². The molecule has 0 fully saturated rings. The van der Waals surface area contributed by atoms with E-state index in [1.807, 2.05) is 65.9 Å². The Labute approximate surface area is 357 Å². The van der Waals surface area contributed by atoms with E-state index in [4.69, 9.17) is 24.9 Å². The minimum absolute atomic E-state index is 0.609. The molecule has 0 bridgehead atoms. The minimum atomic E-state index is 0.609. The smallest absolute Gasteiger partial charge is 0.164 e. The number of aromatic nitrogens is 5. The van der Waals surface area contributed by atoms with E-state index in [1.165, 1.54) is 20.2 Å². The van der Waals surface area contributed by atoms with Crippen molar-refractivity contribution < 1.29 is 0 Å². The monoisotopic (exact) mass is 797 g/mol. The second-order valence-corrected chi connectivity index (χ2v) is 16.0. The molecule has 3 heterocycles. The van der Waals surface area contributed by atoms with E-state index in [1.54, 1.807) is 0 Å². The molecule has 0 aliphatic heterocycles. The van der Waals surface area contributed by atoms with E-state index in [0.717, 1.165) is 67.0 Å². The van der Waals surface area contributed by atoms with Crippen LogP contribution in [-0.2, 0) is 0 Å². The number of hydrogen-bond donors (Lipinski definition) is 0. The van der Waals surface area contributed by atoms with Crippen molar-refractivity contribution in [1.82, 2.24) is 24.9 Å². The van der Waals surface area contributed by atoms with E-state index in [2.05, 4.69) is 158 Å². The number of nitrogens with zero attached hydrogens (tertiary/aromatic N) is 5. The molecule has 0 aliphatic rings. The Morgan fingerprint density at radius 1 is 0.230 bits per heavy atom. The second-order valence-electron chi connectivity index (χ2n) is 14.9. The number of thiophene rings is 1. The Kier molecular flexibility index (Phi) is 9.30. The van der Waals surface area contributed by atoms with Gasteiger partial charge in [0.05, 0.1) is 11.4 Å². The van der Waals surface area contributed by atoms with E-state index in [-0.39, 0.29) is 0 Å². The summed E-state index contributed by atoms with van der Waals surface area (Å²) in [5.74, 6) is 2.54. The van der Waals surface area contributed by atoms with Crippen molar-refractivity contribution >= 4 is 31.5 Å². The summed E-state index contributed by atoms with van der Waals surface area (Å²) in [5, 5.41) is 2.55. The van der Waals surface area contributed by atoms with Crippen molar-refractivity contribution in [2.24, 2.45) is 0 Å². The second kappa shape index (κ2) is 15.7. The Balaban J connectivity index is 0.977. The van der Waals surface area contributed by atoms with Crippen LogP contribution < -0.4 is 0 Å². The first-order valence-electron chi connectivity index (χ1n) is 20.2. The molecule has 61 heavy (non-hydrogen) atoms. The minimum Gasteiger partial charge on any atom is -0.228 e. The summed E-state index contributed by atoms with van der Waals surface area (Å²) >= 11 is 1.81. The lowest BCUT2D eigenvalue weighted by molar-refractivity contribution is 1.07. The van der Waals surface area contributed by atoms with Gasteiger partial charge in [0.1, 0.15) is 0 Å². The van der Waals surface area contributed by atoms with Gasteiger partial charge in [0.25, 0.3) is 0 Å². The lowest BCUT2D eigenvalue weighted by Gasteiger charge is -2.12. The van der Waals surface area contributed by atoms with Crippen LogP contribution in [0.1, 0.15) is 0 Å². The van der Waals surface area contributed by atoms with Crippen LogP contribution in [0, 0.1) is 0 Å². The van der Waals surface area contributed by atoms with Crippen molar-refractivity contribution in [1.29, 1.82) is 0 Å². The molecule has 11 rings (SSSR count). The third-order valence-corrected chi connectivity index (χ3v) is 12.1. The van der Waals surface area contributed by atoms with Gasteiger partial charge in [-0.3, -0.25) is 0 Å². The van der Waals surface area contributed by atoms with Crippen LogP contribution in [0.2, 0.25) is 0 Å². The summed E-state index contributed by atoms with van der Waals surface area (Å²) in [6, 6.07) is 73.4. The van der Waals surface area contributed by atoms with Crippen LogP contribution in [0.5, 0.6) is 0 Å². The molecule has 0 atom stereocenters. The first kappa shape index (κ1) is 36.2. The third kappa shape index (κ3) is 7.26. The van der Waals surface area contributed by atoms with E-state index < -0.39 is 0 Å². The fraction of sp³-hybridized carbons (Fsp3) is 0. The summed E-state index contributed by atoms with van der Waals surface area (Å²) in [6.45, 7) is 0. The van der Waals surface area contributed by atoms with Crippen molar-refractivity contribution in [3.63, 3.8) is 0 Å². The number of hydrogen-bond acceptors (Lipinski definition) is 6. The zero-order valence-corrected chi connectivity index (χ0v) is 33.7. The molecular weight excluding hydrogens is 763 g/mol. The first-order valence-corrected chi connectivity index (χ1v) is 21.0. The quantitative estimate of drug-likeness (QED) is 0.153. The average molecular weight is 798 g/mol. The molecule has 0 saturated carbocycles. The van der Waals surface area contributed by atoms with Gasteiger partial charge in [-0.25, -0.2) is 24.9 Å². The van der Waals surface area contributed by atoms with Gasteiger partial charge in [0.2, 0.25) is 0 Å². The molecular formula is C55H35N5S. The Morgan fingerprint density at radius 2 is 0.623 bits per heavy atom. The Bertz CT molecular complexity index is 3350. The molecule has 0 unspecified atom stereocenters. The maximum atomic E-state index is 5.16. The molecule has 0 aliphatic carbocycles. The maximum absolute atomic E-state index is 5.16. The van der Waals surface area contributed by atoms with Crippen LogP contribution in [0.15, 0.2) is 212 Å². The molecule has 286 valence electrons. The Hall–Kier alpha value is -7.93. The molecule has 0 radical (unpaired) electrons. The lowest BCUT2D eigenvalue weighted by atomic mass is 9.99. The fourth-order valence-electron chi connectivity index (χ4n) is 7.83. The van der Waals surface area contributed by atoms with Gasteiger partial charge in [0, 0.05) is 53.6 Å². The van der Waals surface area contributed by atoms with Gasteiger partial charge in [0.15, 0.2) is 23.3 Å². The fourth-order valence-corrected chi connectivity index (χ4v) is 8.98. The van der Waals surface area contributed by atoms with Crippen LogP contribution >= 0.6 is 11.3 Å². The SMILES string of the molecule is c1ccc(-c2ccc(-c3nc(-c4ccccc4)nc(-c4cccc(-c5cccc(-c6cc(-c7ccc8c(c7)sc7ccccc78)nc(-c7ccccc7)n6)c5)c4)n3)cc2)cc1. The zero-order valence-electron chi connectivity index (χ0n) is 32.9. The summed E-state index contributed by atoms with van der Waals surface area (Å²) < 4.78 is 2.52. The first-order chi connectivity index (χ1) is 30.2. The van der Waals surface area contributed by atoms with Gasteiger partial charge in [-0.15, -0.1) is 11.3 Å². The third-order valence-electron chi connectivity index (χ3n) is 11.0. The Morgan fingerprint density at radius 3 is 1.26 bits per heavy atom. The summed E-state index contributed by atoms with van der Waals surface area (Å²) in [5.41, 5.74) is 11.9. The van der Waals surface area contributed by atoms with E-state index >= 15 is 0 Å². The normalized spacial score (nSPS) is 11.3. The summed E-state index contributed by atoms with van der Waals surface area (Å²) in [6.07, 6.45) is 0. The molecule has 8 aromatic carbocycles. The van der Waals surface area contributed by atoms with Crippen LogP contribution in [0.25, 0.3) is 110 Å². The van der Waals surface area contributed by atoms with Crippen LogP contribution in [0.4, 0.5) is 0 Å². The molecule has 0 spiro atoms. The maximum Gasteiger partial charge on any atom is 0.164 e. The highest BCUT2D eigenvalue weighted by atomic mass is 32.1. The zero-order chi connectivity index (χ0) is 40.5. The van der Waals surface area contributed by atoms with Crippen molar-refractivity contribution in [2.45, 2.75) is 0 Å². The summed E-state index contributed by atoms with van der Waals surface area (Å²) in [7, 11) is 0. The molecule has 3 aromatic heterocycles. The topological polar surface area (TPSA) is 64.5 Å². The number of fused-ring (bicyclic) bond motifs is 3. The molecule has 5 nitrogen and oxygen atoms in total. The highest BCUT2D eigenvalue weighted by molar-refractivity contribution is 7.25. The lowest BCUT2D eigenvalue weighted by Crippen LogP contribution is -2.00. The molecule has 6 heteroatoms. The highest BCUT2D eigenvalue weighted by Gasteiger charge is 2.16. The highest BCUT2D eigenvalue weighted by Crippen LogP contribution is 2.38. The average Bonchev–Trinajstić information content (AvgIpc) is 3.73. The van der Waals surface area contributed by atoms with E-state index in [0.29, 0.717) is 23.3 Å². The van der Waals surface area contributed by atoms with Crippen LogP contribution in [0.3, 0.4) is 0 Å². The molecule has 11 aromatic rings. The van der Waals surface area contributed by atoms with Gasteiger partial charge < -0.3 is 0 Å². The van der Waals surface area contributed by atoms with Crippen LogP contribution in [-0.4, -0.2) is 24.9 Å². The predicted molar refractivity (Wildman–Crippen MR) is 252 cm³/mol. The van der Waals surface area contributed by atoms with Crippen molar-refractivity contribution in [3.05, 3.63) is 212 Å². The largest absolute Gasteiger partial charge is 0.228 e. The van der Waals surface area contributed by atoms with Crippen molar-refractivity contribution in [3.8, 4) is 90.3 Å². The van der Waals surface area contributed by atoms with Gasteiger partial charge >= 0.3 is 0 Å². The number of benzene rings is 8. The molecule has 0 amide bonds. The molecule has 0 N–H and O–H groups in total. The summed E-state index contributed by atoms with van der Waals surface area (Å²) in [4.78, 5) is 25.4. The van der Waals surface area contributed by atoms with Gasteiger partial charge in [-0.05, 0) is 52.6 Å². The standard InChI is InChI=1S/C55H35N5S/c1-4-14-36(15-5-1)37-26-28-40(29-27-37)54-58-53(39-18-8-3-9-19-39)59-55(60-54)45-23-13-21-42(33-45)41-20-12-22-43(32-41)48-35-49(57-52(56-48)38-16-6-2-7-17-38)44-30-31-47-46-24-10-11-25-50(46)61-51(47)34-44/h1-35H. The predicted octanol–water partition coefficient (Wildman–Crippen LogP) is 14.4. The molecule has 0 saturated heterocycles. The van der Waals surface area contributed by atoms with E-state index in [9.17, 15) is 0 Å².